The third-order valence-corrected chi connectivity index (χ3v) is 4.72. The summed E-state index contributed by atoms with van der Waals surface area (Å²) in [4.78, 5) is 15.7. The summed E-state index contributed by atoms with van der Waals surface area (Å²) in [5.41, 5.74) is 2.62. The molecule has 0 radical (unpaired) electrons. The van der Waals surface area contributed by atoms with E-state index in [0.29, 0.717) is 12.3 Å². The minimum atomic E-state index is -0.0540. The lowest BCUT2D eigenvalue weighted by atomic mass is 10.1. The summed E-state index contributed by atoms with van der Waals surface area (Å²) >= 11 is 0. The van der Waals surface area contributed by atoms with Gasteiger partial charge in [-0.05, 0) is 43.1 Å². The van der Waals surface area contributed by atoms with Gasteiger partial charge in [-0.3, -0.25) is 4.79 Å². The van der Waals surface area contributed by atoms with E-state index in [9.17, 15) is 4.79 Å². The van der Waals surface area contributed by atoms with Crippen molar-refractivity contribution in [3.05, 3.63) is 65.9 Å². The lowest BCUT2D eigenvalue weighted by molar-refractivity contribution is 0.0926. The number of H-pyrrole nitrogens is 1. The van der Waals surface area contributed by atoms with E-state index in [1.165, 1.54) is 0 Å². The van der Waals surface area contributed by atoms with E-state index in [-0.39, 0.29) is 11.9 Å². The van der Waals surface area contributed by atoms with Crippen LogP contribution >= 0.6 is 0 Å². The smallest absolute Gasteiger partial charge is 0.267 e. The Balaban J connectivity index is 1.44. The maximum atomic E-state index is 12.5. The molecule has 1 aromatic heterocycles. The number of fused-ring (bicyclic) bond motifs is 1. The topological polar surface area (TPSA) is 66.2 Å². The van der Waals surface area contributed by atoms with Crippen molar-refractivity contribution in [2.24, 2.45) is 0 Å². The average Bonchev–Trinajstić information content (AvgIpc) is 3.11. The Morgan fingerprint density at radius 3 is 2.85 bits per heavy atom. The first kappa shape index (κ1) is 16.7. The molecule has 1 aliphatic heterocycles. The number of piperidine rings is 1. The summed E-state index contributed by atoms with van der Waals surface area (Å²) in [7, 11) is 0. The van der Waals surface area contributed by atoms with Crippen molar-refractivity contribution in [1.29, 1.82) is 0 Å². The number of carbonyl (C=O) groups excluding carboxylic acids is 1. The molecule has 2 heterocycles. The first-order valence-corrected chi connectivity index (χ1v) is 9.09. The summed E-state index contributed by atoms with van der Waals surface area (Å²) in [6.07, 6.45) is 2.12. The number of ether oxygens (including phenoxy) is 1. The van der Waals surface area contributed by atoms with E-state index >= 15 is 0 Å². The number of benzene rings is 2. The number of carbonyl (C=O) groups is 1. The van der Waals surface area contributed by atoms with Gasteiger partial charge >= 0.3 is 0 Å². The van der Waals surface area contributed by atoms with Crippen molar-refractivity contribution in [2.45, 2.75) is 25.5 Å². The quantitative estimate of drug-likeness (QED) is 0.662. The zero-order valence-corrected chi connectivity index (χ0v) is 14.6. The molecule has 0 aliphatic carbocycles. The zero-order chi connectivity index (χ0) is 17.8. The fourth-order valence-corrected chi connectivity index (χ4v) is 3.30. The summed E-state index contributed by atoms with van der Waals surface area (Å²) < 4.78 is 5.86. The van der Waals surface area contributed by atoms with E-state index in [1.807, 2.05) is 54.6 Å². The lowest BCUT2D eigenvalue weighted by Crippen LogP contribution is -2.45. The normalized spacial score (nSPS) is 17.2. The van der Waals surface area contributed by atoms with Gasteiger partial charge in [0.05, 0.1) is 0 Å². The monoisotopic (exact) mass is 349 g/mol. The number of aromatic nitrogens is 1. The molecule has 1 unspecified atom stereocenters. The maximum Gasteiger partial charge on any atom is 0.267 e. The van der Waals surface area contributed by atoms with Crippen LogP contribution in [-0.2, 0) is 6.61 Å². The first-order valence-electron chi connectivity index (χ1n) is 9.09. The van der Waals surface area contributed by atoms with Crippen molar-refractivity contribution >= 4 is 16.8 Å². The predicted octanol–water partition coefficient (Wildman–Crippen LogP) is 3.23. The second-order valence-corrected chi connectivity index (χ2v) is 6.72. The van der Waals surface area contributed by atoms with Crippen molar-refractivity contribution in [1.82, 2.24) is 15.6 Å². The third kappa shape index (κ3) is 3.89. The van der Waals surface area contributed by atoms with Gasteiger partial charge in [0.2, 0.25) is 0 Å². The molecule has 5 nitrogen and oxygen atoms in total. The van der Waals surface area contributed by atoms with Crippen molar-refractivity contribution in [2.75, 3.05) is 13.1 Å². The highest BCUT2D eigenvalue weighted by molar-refractivity contribution is 5.98. The Labute approximate surface area is 152 Å². The molecule has 0 saturated carbocycles. The first-order chi connectivity index (χ1) is 12.8. The van der Waals surface area contributed by atoms with Crippen LogP contribution in [0.2, 0.25) is 0 Å². The summed E-state index contributed by atoms with van der Waals surface area (Å²) in [6, 6.07) is 18.0. The van der Waals surface area contributed by atoms with Crippen LogP contribution in [0.1, 0.15) is 28.9 Å². The van der Waals surface area contributed by atoms with Gasteiger partial charge in [-0.2, -0.15) is 0 Å². The predicted molar refractivity (Wildman–Crippen MR) is 102 cm³/mol. The molecule has 1 saturated heterocycles. The number of nitrogens with one attached hydrogen (secondary N) is 3. The highest BCUT2D eigenvalue weighted by atomic mass is 16.5. The van der Waals surface area contributed by atoms with Gasteiger partial charge in [-0.15, -0.1) is 0 Å². The zero-order valence-electron chi connectivity index (χ0n) is 14.6. The van der Waals surface area contributed by atoms with Gasteiger partial charge in [0.1, 0.15) is 18.1 Å². The molecule has 1 atom stereocenters. The summed E-state index contributed by atoms with van der Waals surface area (Å²) in [5.74, 6) is 0.730. The Kier molecular flexibility index (Phi) is 4.88. The van der Waals surface area contributed by atoms with Crippen molar-refractivity contribution in [3.63, 3.8) is 0 Å². The Morgan fingerprint density at radius 2 is 2.04 bits per heavy atom. The average molecular weight is 349 g/mol. The molecule has 1 amide bonds. The largest absolute Gasteiger partial charge is 0.489 e. The summed E-state index contributed by atoms with van der Waals surface area (Å²) in [5, 5.41) is 7.41. The number of amides is 1. The molecule has 0 spiro atoms. The van der Waals surface area contributed by atoms with Gasteiger partial charge in [0.25, 0.3) is 5.91 Å². The van der Waals surface area contributed by atoms with Crippen LogP contribution in [0.25, 0.3) is 10.9 Å². The number of rotatable bonds is 5. The number of hydrogen-bond donors (Lipinski definition) is 3. The molecule has 2 aromatic carbocycles. The molecule has 3 aromatic rings. The van der Waals surface area contributed by atoms with Gasteiger partial charge in [-0.25, -0.2) is 0 Å². The van der Waals surface area contributed by atoms with Crippen molar-refractivity contribution < 1.29 is 9.53 Å². The molecular formula is C21H23N3O2. The van der Waals surface area contributed by atoms with Gasteiger partial charge in [0.15, 0.2) is 0 Å². The molecule has 1 fully saturated rings. The van der Waals surface area contributed by atoms with Crippen LogP contribution < -0.4 is 15.4 Å². The van der Waals surface area contributed by atoms with Crippen LogP contribution in [0.3, 0.4) is 0 Å². The van der Waals surface area contributed by atoms with E-state index in [2.05, 4.69) is 15.6 Å². The minimum absolute atomic E-state index is 0.0540. The standard InChI is InChI=1S/C21H23N3O2/c25-21(23-17-7-4-10-22-13-17)20-11-16-8-9-18(12-19(16)24-20)26-14-15-5-2-1-3-6-15/h1-3,5-6,8-9,11-12,17,22,24H,4,7,10,13-14H2,(H,23,25). The molecular weight excluding hydrogens is 326 g/mol. The Hall–Kier alpha value is -2.79. The SMILES string of the molecule is O=C(NC1CCCNC1)c1cc2ccc(OCc3ccccc3)cc2[nH]1. The van der Waals surface area contributed by atoms with Gasteiger partial charge in [0, 0.05) is 29.6 Å². The van der Waals surface area contributed by atoms with Crippen LogP contribution in [0.4, 0.5) is 0 Å². The Morgan fingerprint density at radius 1 is 1.15 bits per heavy atom. The summed E-state index contributed by atoms with van der Waals surface area (Å²) in [6.45, 7) is 2.39. The van der Waals surface area contributed by atoms with Crippen LogP contribution in [0, 0.1) is 0 Å². The Bertz CT molecular complexity index is 883. The molecule has 4 rings (SSSR count). The van der Waals surface area contributed by atoms with Crippen LogP contribution in [0.5, 0.6) is 5.75 Å². The van der Waals surface area contributed by atoms with Gasteiger partial charge in [-0.1, -0.05) is 30.3 Å². The van der Waals surface area contributed by atoms with E-state index in [4.69, 9.17) is 4.74 Å². The molecule has 1 aliphatic rings. The molecule has 5 heteroatoms. The second kappa shape index (κ2) is 7.62. The maximum absolute atomic E-state index is 12.5. The minimum Gasteiger partial charge on any atom is -0.489 e. The van der Waals surface area contributed by atoms with E-state index in [0.717, 1.165) is 48.1 Å². The number of aromatic amines is 1. The second-order valence-electron chi connectivity index (χ2n) is 6.72. The molecule has 0 bridgehead atoms. The molecule has 26 heavy (non-hydrogen) atoms. The highest BCUT2D eigenvalue weighted by Crippen LogP contribution is 2.22. The van der Waals surface area contributed by atoms with E-state index < -0.39 is 0 Å². The van der Waals surface area contributed by atoms with Crippen molar-refractivity contribution in [3.8, 4) is 5.75 Å². The fraction of sp³-hybridized carbons (Fsp3) is 0.286. The lowest BCUT2D eigenvalue weighted by Gasteiger charge is -2.23. The van der Waals surface area contributed by atoms with Crippen LogP contribution in [-0.4, -0.2) is 30.0 Å². The highest BCUT2D eigenvalue weighted by Gasteiger charge is 2.17. The van der Waals surface area contributed by atoms with E-state index in [1.54, 1.807) is 0 Å². The number of hydrogen-bond acceptors (Lipinski definition) is 3. The van der Waals surface area contributed by atoms with Gasteiger partial charge < -0.3 is 20.4 Å². The van der Waals surface area contributed by atoms with Crippen LogP contribution in [0.15, 0.2) is 54.6 Å². The fourth-order valence-electron chi connectivity index (χ4n) is 3.30. The molecule has 3 N–H and O–H groups in total. The molecule has 134 valence electrons. The third-order valence-electron chi connectivity index (χ3n) is 4.72.